The second-order valence-electron chi connectivity index (χ2n) is 5.36. The van der Waals surface area contributed by atoms with Crippen molar-refractivity contribution in [1.29, 1.82) is 0 Å². The van der Waals surface area contributed by atoms with E-state index in [0.717, 1.165) is 29.0 Å². The lowest BCUT2D eigenvalue weighted by Crippen LogP contribution is -2.23. The standard InChI is InChI=1S/C18H19NO2S/c20-11-9-13-5-7-15(8-6-13)19-18(21)17-16-4-2-1-3-14(16)10-12-22-17/h1-8,17,20H,9-12H2,(H,19,21). The second kappa shape index (κ2) is 6.99. The molecule has 2 aromatic carbocycles. The van der Waals surface area contributed by atoms with Crippen LogP contribution in [0.1, 0.15) is 21.9 Å². The zero-order chi connectivity index (χ0) is 15.4. The highest BCUT2D eigenvalue weighted by molar-refractivity contribution is 8.00. The first-order chi connectivity index (χ1) is 10.8. The summed E-state index contributed by atoms with van der Waals surface area (Å²) in [5.41, 5.74) is 4.28. The number of thioether (sulfide) groups is 1. The van der Waals surface area contributed by atoms with Gasteiger partial charge in [-0.25, -0.2) is 0 Å². The van der Waals surface area contributed by atoms with Gasteiger partial charge in [-0.05, 0) is 47.4 Å². The summed E-state index contributed by atoms with van der Waals surface area (Å²) in [6, 6.07) is 15.8. The second-order valence-corrected chi connectivity index (χ2v) is 6.57. The van der Waals surface area contributed by atoms with E-state index in [-0.39, 0.29) is 17.8 Å². The van der Waals surface area contributed by atoms with Gasteiger partial charge in [0.05, 0.1) is 0 Å². The minimum Gasteiger partial charge on any atom is -0.396 e. The van der Waals surface area contributed by atoms with Crippen molar-refractivity contribution < 1.29 is 9.90 Å². The third kappa shape index (κ3) is 3.34. The number of hydrogen-bond acceptors (Lipinski definition) is 3. The number of hydrogen-bond donors (Lipinski definition) is 2. The van der Waals surface area contributed by atoms with E-state index in [4.69, 9.17) is 5.11 Å². The number of aryl methyl sites for hydroxylation is 1. The number of benzene rings is 2. The summed E-state index contributed by atoms with van der Waals surface area (Å²) < 4.78 is 0. The zero-order valence-corrected chi connectivity index (χ0v) is 13.1. The fourth-order valence-electron chi connectivity index (χ4n) is 2.70. The van der Waals surface area contributed by atoms with Crippen molar-refractivity contribution in [3.05, 3.63) is 65.2 Å². The molecule has 22 heavy (non-hydrogen) atoms. The van der Waals surface area contributed by atoms with Crippen molar-refractivity contribution in [3.8, 4) is 0 Å². The molecule has 0 spiro atoms. The number of carbonyl (C=O) groups is 1. The number of nitrogens with one attached hydrogen (secondary N) is 1. The van der Waals surface area contributed by atoms with E-state index in [2.05, 4.69) is 17.4 Å². The molecule has 1 heterocycles. The summed E-state index contributed by atoms with van der Waals surface area (Å²) >= 11 is 1.70. The van der Waals surface area contributed by atoms with Crippen molar-refractivity contribution in [2.24, 2.45) is 0 Å². The molecule has 1 aliphatic heterocycles. The minimum atomic E-state index is -0.137. The van der Waals surface area contributed by atoms with Crippen molar-refractivity contribution in [3.63, 3.8) is 0 Å². The molecular weight excluding hydrogens is 294 g/mol. The first-order valence-corrected chi connectivity index (χ1v) is 8.53. The Balaban J connectivity index is 1.72. The Morgan fingerprint density at radius 1 is 1.18 bits per heavy atom. The molecule has 1 amide bonds. The lowest BCUT2D eigenvalue weighted by molar-refractivity contribution is -0.115. The molecule has 1 unspecified atom stereocenters. The molecule has 0 aromatic heterocycles. The summed E-state index contributed by atoms with van der Waals surface area (Å²) in [4.78, 5) is 12.6. The molecule has 1 aliphatic rings. The molecule has 4 heteroatoms. The van der Waals surface area contributed by atoms with Gasteiger partial charge in [-0.3, -0.25) is 4.79 Å². The van der Waals surface area contributed by atoms with Crippen LogP contribution in [0.15, 0.2) is 48.5 Å². The van der Waals surface area contributed by atoms with Crippen LogP contribution in [0.2, 0.25) is 0 Å². The number of aliphatic hydroxyl groups excluding tert-OH is 1. The molecule has 0 fully saturated rings. The predicted molar refractivity (Wildman–Crippen MR) is 91.2 cm³/mol. The van der Waals surface area contributed by atoms with Crippen LogP contribution in [0.5, 0.6) is 0 Å². The van der Waals surface area contributed by atoms with Gasteiger partial charge >= 0.3 is 0 Å². The summed E-state index contributed by atoms with van der Waals surface area (Å²) in [5, 5.41) is 11.8. The Morgan fingerprint density at radius 3 is 2.73 bits per heavy atom. The molecule has 0 radical (unpaired) electrons. The Morgan fingerprint density at radius 2 is 1.95 bits per heavy atom. The minimum absolute atomic E-state index is 0.0343. The molecule has 3 rings (SSSR count). The van der Waals surface area contributed by atoms with Crippen LogP contribution in [0.25, 0.3) is 0 Å². The van der Waals surface area contributed by atoms with Gasteiger partial charge in [-0.2, -0.15) is 0 Å². The first kappa shape index (κ1) is 15.1. The third-order valence-electron chi connectivity index (χ3n) is 3.85. The van der Waals surface area contributed by atoms with E-state index in [1.165, 1.54) is 5.56 Å². The van der Waals surface area contributed by atoms with Crippen LogP contribution in [0.4, 0.5) is 5.69 Å². The quantitative estimate of drug-likeness (QED) is 0.911. The molecule has 0 bridgehead atoms. The fraction of sp³-hybridized carbons (Fsp3) is 0.278. The number of amides is 1. The van der Waals surface area contributed by atoms with Crippen LogP contribution >= 0.6 is 11.8 Å². The highest BCUT2D eigenvalue weighted by Gasteiger charge is 2.26. The Labute approximate surface area is 134 Å². The van der Waals surface area contributed by atoms with E-state index in [0.29, 0.717) is 6.42 Å². The summed E-state index contributed by atoms with van der Waals surface area (Å²) in [6.45, 7) is 0.140. The molecule has 0 saturated heterocycles. The topological polar surface area (TPSA) is 49.3 Å². The van der Waals surface area contributed by atoms with Gasteiger partial charge in [0, 0.05) is 12.3 Å². The summed E-state index contributed by atoms with van der Waals surface area (Å²) in [7, 11) is 0. The molecular formula is C18H19NO2S. The van der Waals surface area contributed by atoms with Gasteiger partial charge in [0.25, 0.3) is 0 Å². The van der Waals surface area contributed by atoms with Crippen LogP contribution in [-0.2, 0) is 17.6 Å². The number of fused-ring (bicyclic) bond motifs is 1. The maximum absolute atomic E-state index is 12.6. The van der Waals surface area contributed by atoms with Crippen LogP contribution in [0, 0.1) is 0 Å². The SMILES string of the molecule is O=C(Nc1ccc(CCO)cc1)C1SCCc2ccccc21. The number of anilines is 1. The maximum Gasteiger partial charge on any atom is 0.242 e. The monoisotopic (exact) mass is 313 g/mol. The number of aliphatic hydroxyl groups is 1. The molecule has 2 aromatic rings. The Hall–Kier alpha value is -1.78. The summed E-state index contributed by atoms with van der Waals surface area (Å²) in [5.74, 6) is 1.01. The highest BCUT2D eigenvalue weighted by atomic mass is 32.2. The van der Waals surface area contributed by atoms with Crippen LogP contribution in [-0.4, -0.2) is 23.4 Å². The highest BCUT2D eigenvalue weighted by Crippen LogP contribution is 2.37. The Kier molecular flexibility index (Phi) is 4.80. The molecule has 114 valence electrons. The van der Waals surface area contributed by atoms with Crippen molar-refractivity contribution >= 4 is 23.4 Å². The van der Waals surface area contributed by atoms with Crippen LogP contribution < -0.4 is 5.32 Å². The normalized spacial score (nSPS) is 16.9. The van der Waals surface area contributed by atoms with E-state index in [1.54, 1.807) is 11.8 Å². The molecule has 1 atom stereocenters. The van der Waals surface area contributed by atoms with Crippen molar-refractivity contribution in [1.82, 2.24) is 0 Å². The molecule has 0 saturated carbocycles. The largest absolute Gasteiger partial charge is 0.396 e. The average Bonchev–Trinajstić information content (AvgIpc) is 2.56. The van der Waals surface area contributed by atoms with Crippen LogP contribution in [0.3, 0.4) is 0 Å². The van der Waals surface area contributed by atoms with Gasteiger partial charge in [0.1, 0.15) is 5.25 Å². The molecule has 0 aliphatic carbocycles. The van der Waals surface area contributed by atoms with E-state index < -0.39 is 0 Å². The summed E-state index contributed by atoms with van der Waals surface area (Å²) in [6.07, 6.45) is 1.67. The first-order valence-electron chi connectivity index (χ1n) is 7.48. The number of rotatable bonds is 4. The van der Waals surface area contributed by atoms with Gasteiger partial charge in [-0.15, -0.1) is 11.8 Å². The zero-order valence-electron chi connectivity index (χ0n) is 12.3. The maximum atomic E-state index is 12.6. The van der Waals surface area contributed by atoms with Gasteiger partial charge in [0.15, 0.2) is 0 Å². The molecule has 2 N–H and O–H groups in total. The third-order valence-corrected chi connectivity index (χ3v) is 5.09. The van der Waals surface area contributed by atoms with Crippen molar-refractivity contribution in [2.45, 2.75) is 18.1 Å². The van der Waals surface area contributed by atoms with E-state index in [1.807, 2.05) is 36.4 Å². The van der Waals surface area contributed by atoms with E-state index in [9.17, 15) is 4.79 Å². The predicted octanol–water partition coefficient (Wildman–Crippen LogP) is 3.19. The van der Waals surface area contributed by atoms with E-state index >= 15 is 0 Å². The van der Waals surface area contributed by atoms with Gasteiger partial charge in [0.2, 0.25) is 5.91 Å². The average molecular weight is 313 g/mol. The number of carbonyl (C=O) groups excluding carboxylic acids is 1. The molecule has 3 nitrogen and oxygen atoms in total. The smallest absolute Gasteiger partial charge is 0.242 e. The van der Waals surface area contributed by atoms with Gasteiger partial charge in [-0.1, -0.05) is 36.4 Å². The Bertz CT molecular complexity index is 654. The van der Waals surface area contributed by atoms with Gasteiger partial charge < -0.3 is 10.4 Å². The van der Waals surface area contributed by atoms with Crippen molar-refractivity contribution in [2.75, 3.05) is 17.7 Å². The fourth-order valence-corrected chi connectivity index (χ4v) is 3.90. The lowest BCUT2D eigenvalue weighted by atomic mass is 10.0. The lowest BCUT2D eigenvalue weighted by Gasteiger charge is -2.24.